The van der Waals surface area contributed by atoms with Crippen LogP contribution in [-0.2, 0) is 14.4 Å². The molecule has 1 unspecified atom stereocenters. The van der Waals surface area contributed by atoms with Crippen LogP contribution in [0.1, 0.15) is 108 Å². The van der Waals surface area contributed by atoms with E-state index in [4.69, 9.17) is 0 Å². The number of likely N-dealkylation sites (tertiary alicyclic amines) is 1. The smallest absolute Gasteiger partial charge is 0.249 e. The van der Waals surface area contributed by atoms with E-state index in [9.17, 15) is 18.8 Å². The maximum atomic E-state index is 15.3. The van der Waals surface area contributed by atoms with Crippen molar-refractivity contribution in [1.82, 2.24) is 25.5 Å². The highest BCUT2D eigenvalue weighted by Gasteiger charge is 2.33. The second-order valence-electron chi connectivity index (χ2n) is 16.9. The minimum Gasteiger partial charge on any atom is -0.374 e. The number of nitrogens with zero attached hydrogens (tertiary/aromatic N) is 4. The van der Waals surface area contributed by atoms with Gasteiger partial charge in [0.05, 0.1) is 6.20 Å². The molecule has 2 saturated carbocycles. The molecule has 0 spiro atoms. The van der Waals surface area contributed by atoms with Crippen molar-refractivity contribution in [1.29, 1.82) is 0 Å². The molecule has 0 bridgehead atoms. The van der Waals surface area contributed by atoms with Crippen LogP contribution in [0.15, 0.2) is 48.7 Å². The summed E-state index contributed by atoms with van der Waals surface area (Å²) in [5.74, 6) is -0.611. The van der Waals surface area contributed by atoms with Crippen molar-refractivity contribution in [3.05, 3.63) is 65.9 Å². The Morgan fingerprint density at radius 1 is 0.772 bits per heavy atom. The van der Waals surface area contributed by atoms with E-state index >= 15 is 4.39 Å². The number of rotatable bonds is 10. The number of piperidine rings is 3. The maximum Gasteiger partial charge on any atom is 0.249 e. The Kier molecular flexibility index (Phi) is 12.3. The molecule has 57 heavy (non-hydrogen) atoms. The Labute approximate surface area is 334 Å². The Hall–Kier alpha value is -4.65. The molecule has 1 aromatic heterocycles. The zero-order valence-corrected chi connectivity index (χ0v) is 32.8. The van der Waals surface area contributed by atoms with Gasteiger partial charge in [0.15, 0.2) is 5.82 Å². The van der Waals surface area contributed by atoms with Crippen LogP contribution in [0.2, 0.25) is 0 Å². The van der Waals surface area contributed by atoms with Gasteiger partial charge in [0.25, 0.3) is 0 Å². The number of benzene rings is 2. The minimum atomic E-state index is -0.540. The fourth-order valence-corrected chi connectivity index (χ4v) is 9.78. The van der Waals surface area contributed by atoms with Crippen LogP contribution in [0, 0.1) is 17.6 Å². The molecule has 5 aliphatic rings. The topological polar surface area (TPSA) is 132 Å². The van der Waals surface area contributed by atoms with Crippen LogP contribution in [0.4, 0.5) is 26.1 Å². The number of imide groups is 1. The molecular formula is C44H56F2N8O3. The van der Waals surface area contributed by atoms with Gasteiger partial charge < -0.3 is 25.8 Å². The first kappa shape index (κ1) is 39.2. The average Bonchev–Trinajstić information content (AvgIpc) is 3.24. The third-order valence-corrected chi connectivity index (χ3v) is 13.1. The van der Waals surface area contributed by atoms with E-state index in [-0.39, 0.29) is 53.9 Å². The highest BCUT2D eigenvalue weighted by atomic mass is 19.1. The molecule has 4 heterocycles. The van der Waals surface area contributed by atoms with Gasteiger partial charge in [-0.3, -0.25) is 19.7 Å². The summed E-state index contributed by atoms with van der Waals surface area (Å²) in [7, 11) is 0. The molecular weight excluding hydrogens is 727 g/mol. The number of carbonyl (C=O) groups is 3. The largest absolute Gasteiger partial charge is 0.374 e. The van der Waals surface area contributed by atoms with Gasteiger partial charge in [-0.1, -0.05) is 18.2 Å². The first-order valence-corrected chi connectivity index (χ1v) is 21.3. The lowest BCUT2D eigenvalue weighted by Gasteiger charge is -2.41. The quantitative estimate of drug-likeness (QED) is 0.162. The molecule has 0 radical (unpaired) electrons. The van der Waals surface area contributed by atoms with Crippen LogP contribution >= 0.6 is 0 Å². The molecule has 304 valence electrons. The van der Waals surface area contributed by atoms with Gasteiger partial charge >= 0.3 is 0 Å². The van der Waals surface area contributed by atoms with Crippen LogP contribution in [0.3, 0.4) is 0 Å². The standard InChI is InChI=1S/C44H56F2N8O3/c45-37-26-33(48-39-17-18-40(55)51-43(39)57)13-16-36(37)28-19-23-54(24-20-28)34-14-11-31(12-15-34)49-42(56)29-7-9-32(10-8-29)50-44-47-27-38(46)41(52-44)30-5-4-6-35(25-30)53-21-2-1-3-22-53/h4-6,13,16,25-29,31-32,34,39,48H,1-3,7-12,14-15,17-24H2,(H,49,56)(H,47,50,52)(H,51,55,57). The lowest BCUT2D eigenvalue weighted by atomic mass is 9.83. The number of hydrogen-bond donors (Lipinski definition) is 4. The van der Waals surface area contributed by atoms with Crippen molar-refractivity contribution >= 4 is 35.0 Å². The predicted octanol–water partition coefficient (Wildman–Crippen LogP) is 6.91. The second-order valence-corrected chi connectivity index (χ2v) is 16.9. The average molecular weight is 783 g/mol. The zero-order valence-electron chi connectivity index (χ0n) is 32.8. The van der Waals surface area contributed by atoms with Crippen LogP contribution < -0.4 is 26.2 Å². The third kappa shape index (κ3) is 9.56. The minimum absolute atomic E-state index is 0.00954. The normalized spacial score (nSPS) is 26.4. The summed E-state index contributed by atoms with van der Waals surface area (Å²) >= 11 is 0. The Morgan fingerprint density at radius 3 is 2.26 bits per heavy atom. The van der Waals surface area contributed by atoms with Gasteiger partial charge in [0.1, 0.15) is 17.6 Å². The molecule has 3 aromatic rings. The van der Waals surface area contributed by atoms with E-state index in [1.54, 1.807) is 0 Å². The summed E-state index contributed by atoms with van der Waals surface area (Å²) in [5, 5.41) is 12.2. The van der Waals surface area contributed by atoms with Gasteiger partial charge in [0, 0.05) is 60.5 Å². The number of hydrogen-bond acceptors (Lipinski definition) is 9. The Bertz CT molecular complexity index is 1900. The first-order valence-electron chi connectivity index (χ1n) is 21.3. The fourth-order valence-electron chi connectivity index (χ4n) is 9.78. The molecule has 5 fully saturated rings. The molecule has 1 atom stereocenters. The van der Waals surface area contributed by atoms with E-state index < -0.39 is 11.9 Å². The summed E-state index contributed by atoms with van der Waals surface area (Å²) in [6.45, 7) is 3.89. The molecule has 2 aliphatic carbocycles. The summed E-state index contributed by atoms with van der Waals surface area (Å²) in [5.41, 5.74) is 3.43. The highest BCUT2D eigenvalue weighted by molar-refractivity contribution is 6.01. The summed E-state index contributed by atoms with van der Waals surface area (Å²) < 4.78 is 30.2. The maximum absolute atomic E-state index is 15.3. The van der Waals surface area contributed by atoms with Crippen molar-refractivity contribution in [3.8, 4) is 11.3 Å². The first-order chi connectivity index (χ1) is 27.8. The highest BCUT2D eigenvalue weighted by Crippen LogP contribution is 2.35. The van der Waals surface area contributed by atoms with Crippen molar-refractivity contribution in [2.24, 2.45) is 5.92 Å². The molecule has 3 saturated heterocycles. The van der Waals surface area contributed by atoms with Gasteiger partial charge in [0.2, 0.25) is 23.7 Å². The van der Waals surface area contributed by atoms with Crippen molar-refractivity contribution in [2.75, 3.05) is 41.7 Å². The molecule has 13 heteroatoms. The molecule has 3 amide bonds. The van der Waals surface area contributed by atoms with E-state index in [0.29, 0.717) is 29.8 Å². The molecule has 3 aliphatic heterocycles. The summed E-state index contributed by atoms with van der Waals surface area (Å²) in [6, 6.07) is 13.4. The number of anilines is 3. The third-order valence-electron chi connectivity index (χ3n) is 13.1. The number of aromatic nitrogens is 2. The number of carbonyl (C=O) groups excluding carboxylic acids is 3. The Balaban J connectivity index is 0.750. The molecule has 8 rings (SSSR count). The lowest BCUT2D eigenvalue weighted by Crippen LogP contribution is -2.47. The van der Waals surface area contributed by atoms with E-state index in [1.165, 1.54) is 31.5 Å². The monoisotopic (exact) mass is 782 g/mol. The molecule has 11 nitrogen and oxygen atoms in total. The van der Waals surface area contributed by atoms with Gasteiger partial charge in [-0.2, -0.15) is 0 Å². The van der Waals surface area contributed by atoms with Gasteiger partial charge in [-0.15, -0.1) is 0 Å². The SMILES string of the molecule is O=C1CCC(Nc2ccc(C3CCN(C4CCC(NC(=O)C5CCC(Nc6ncc(F)c(-c7cccc(N8CCCCC8)c7)n6)CC5)CC4)CC3)c(F)c2)C(=O)N1. The summed E-state index contributed by atoms with van der Waals surface area (Å²) in [6.07, 6.45) is 14.6. The fraction of sp³-hybridized carbons (Fsp3) is 0.568. The van der Waals surface area contributed by atoms with E-state index in [1.807, 2.05) is 30.3 Å². The van der Waals surface area contributed by atoms with Crippen LogP contribution in [-0.4, -0.2) is 82.9 Å². The lowest BCUT2D eigenvalue weighted by molar-refractivity contribution is -0.133. The molecule has 4 N–H and O–H groups in total. The van der Waals surface area contributed by atoms with Crippen LogP contribution in [0.25, 0.3) is 11.3 Å². The van der Waals surface area contributed by atoms with Crippen molar-refractivity contribution < 1.29 is 23.2 Å². The number of halogens is 2. The summed E-state index contributed by atoms with van der Waals surface area (Å²) in [4.78, 5) is 50.7. The van der Waals surface area contributed by atoms with Gasteiger partial charge in [-0.25, -0.2) is 18.7 Å². The van der Waals surface area contributed by atoms with Gasteiger partial charge in [-0.05, 0) is 139 Å². The van der Waals surface area contributed by atoms with Crippen LogP contribution in [0.5, 0.6) is 0 Å². The molecule has 2 aromatic carbocycles. The second kappa shape index (κ2) is 17.9. The number of nitrogens with one attached hydrogen (secondary N) is 4. The van der Waals surface area contributed by atoms with Crippen molar-refractivity contribution in [3.63, 3.8) is 0 Å². The number of amides is 3. The van der Waals surface area contributed by atoms with E-state index in [2.05, 4.69) is 47.1 Å². The zero-order chi connectivity index (χ0) is 39.3. The van der Waals surface area contributed by atoms with E-state index in [0.717, 1.165) is 107 Å². The Morgan fingerprint density at radius 2 is 1.53 bits per heavy atom. The predicted molar refractivity (Wildman–Crippen MR) is 217 cm³/mol. The van der Waals surface area contributed by atoms with Crippen molar-refractivity contribution in [2.45, 2.75) is 126 Å².